The number of rotatable bonds is 3. The fourth-order valence-electron chi connectivity index (χ4n) is 3.85. The highest BCUT2D eigenvalue weighted by atomic mass is 16.2. The molecule has 2 aromatic carbocycles. The van der Waals surface area contributed by atoms with Crippen molar-refractivity contribution in [2.45, 2.75) is 19.8 Å². The van der Waals surface area contributed by atoms with Crippen LogP contribution >= 0.6 is 0 Å². The van der Waals surface area contributed by atoms with Crippen LogP contribution in [0, 0.1) is 18.3 Å². The van der Waals surface area contributed by atoms with Crippen molar-refractivity contribution in [3.05, 3.63) is 71.3 Å². The number of fused-ring (bicyclic) bond motifs is 1. The van der Waals surface area contributed by atoms with Crippen molar-refractivity contribution >= 4 is 22.6 Å². The molecule has 0 spiro atoms. The van der Waals surface area contributed by atoms with Crippen LogP contribution in [0.25, 0.3) is 10.9 Å². The van der Waals surface area contributed by atoms with E-state index in [1.165, 1.54) is 0 Å². The number of amides is 1. The molecule has 0 radical (unpaired) electrons. The second-order valence-electron chi connectivity index (χ2n) is 7.55. The van der Waals surface area contributed by atoms with Gasteiger partial charge in [-0.05, 0) is 36.6 Å². The van der Waals surface area contributed by atoms with Gasteiger partial charge in [0.1, 0.15) is 11.9 Å². The zero-order chi connectivity index (χ0) is 20.2. The minimum Gasteiger partial charge on any atom is -0.354 e. The van der Waals surface area contributed by atoms with Gasteiger partial charge in [0.2, 0.25) is 5.91 Å². The van der Waals surface area contributed by atoms with Crippen LogP contribution < -0.4 is 4.90 Å². The second kappa shape index (κ2) is 8.32. The van der Waals surface area contributed by atoms with Gasteiger partial charge in [0.25, 0.3) is 0 Å². The van der Waals surface area contributed by atoms with Gasteiger partial charge in [0.05, 0.1) is 17.5 Å². The Morgan fingerprint density at radius 2 is 1.90 bits per heavy atom. The number of nitriles is 1. The van der Waals surface area contributed by atoms with E-state index in [9.17, 15) is 10.1 Å². The molecule has 5 nitrogen and oxygen atoms in total. The Kier molecular flexibility index (Phi) is 5.44. The second-order valence-corrected chi connectivity index (χ2v) is 7.55. The summed E-state index contributed by atoms with van der Waals surface area (Å²) in [6.45, 7) is 4.88. The molecule has 0 atom stereocenters. The maximum atomic E-state index is 12.7. The van der Waals surface area contributed by atoms with Gasteiger partial charge < -0.3 is 9.80 Å². The van der Waals surface area contributed by atoms with Crippen LogP contribution in [-0.4, -0.2) is 42.0 Å². The molecule has 1 aromatic heterocycles. The summed E-state index contributed by atoms with van der Waals surface area (Å²) < 4.78 is 0. The third-order valence-electron chi connectivity index (χ3n) is 5.42. The number of aromatic nitrogens is 1. The minimum absolute atomic E-state index is 0.153. The first-order valence-electron chi connectivity index (χ1n) is 10.0. The lowest BCUT2D eigenvalue weighted by molar-refractivity contribution is -0.130. The maximum Gasteiger partial charge on any atom is 0.227 e. The van der Waals surface area contributed by atoms with Gasteiger partial charge in [-0.3, -0.25) is 4.79 Å². The standard InChI is InChI=1S/C24H24N4O/c1-18-8-9-20-16-21(17-25)24(26-22(20)14-18)28-11-5-10-27(12-13-28)23(29)15-19-6-3-2-4-7-19/h2-4,6-9,14,16H,5,10-13,15H2,1H3. The van der Waals surface area contributed by atoms with Gasteiger partial charge in [0, 0.05) is 31.6 Å². The molecule has 1 saturated heterocycles. The Bertz CT molecular complexity index is 1070. The monoisotopic (exact) mass is 384 g/mol. The Hall–Kier alpha value is -3.39. The highest BCUT2D eigenvalue weighted by Gasteiger charge is 2.22. The summed E-state index contributed by atoms with van der Waals surface area (Å²) in [6.07, 6.45) is 1.29. The molecular formula is C24H24N4O. The first-order chi connectivity index (χ1) is 14.1. The van der Waals surface area contributed by atoms with Crippen LogP contribution in [0.1, 0.15) is 23.1 Å². The summed E-state index contributed by atoms with van der Waals surface area (Å²) in [5.41, 5.74) is 3.68. The molecule has 2 heterocycles. The molecule has 0 bridgehead atoms. The molecule has 0 unspecified atom stereocenters. The molecule has 1 amide bonds. The molecule has 1 aliphatic heterocycles. The van der Waals surface area contributed by atoms with Crippen molar-refractivity contribution in [2.24, 2.45) is 0 Å². The van der Waals surface area contributed by atoms with Gasteiger partial charge in [-0.1, -0.05) is 42.5 Å². The number of aryl methyl sites for hydroxylation is 1. The molecule has 5 heteroatoms. The number of benzene rings is 2. The van der Waals surface area contributed by atoms with Crippen molar-refractivity contribution in [1.82, 2.24) is 9.88 Å². The van der Waals surface area contributed by atoms with Crippen molar-refractivity contribution in [2.75, 3.05) is 31.1 Å². The molecule has 146 valence electrons. The predicted molar refractivity (Wildman–Crippen MR) is 115 cm³/mol. The molecule has 1 fully saturated rings. The molecule has 4 rings (SSSR count). The van der Waals surface area contributed by atoms with Crippen LogP contribution in [0.3, 0.4) is 0 Å². The van der Waals surface area contributed by atoms with E-state index >= 15 is 0 Å². The number of carbonyl (C=O) groups is 1. The molecule has 0 N–H and O–H groups in total. The van der Waals surface area contributed by atoms with Crippen LogP contribution in [-0.2, 0) is 11.2 Å². The van der Waals surface area contributed by atoms with E-state index in [1.807, 2.05) is 66.4 Å². The molecule has 0 saturated carbocycles. The molecule has 1 aliphatic rings. The number of anilines is 1. The lowest BCUT2D eigenvalue weighted by Crippen LogP contribution is -2.36. The topological polar surface area (TPSA) is 60.2 Å². The molecular weight excluding hydrogens is 360 g/mol. The zero-order valence-corrected chi connectivity index (χ0v) is 16.6. The summed E-state index contributed by atoms with van der Waals surface area (Å²) in [7, 11) is 0. The normalized spacial score (nSPS) is 14.5. The van der Waals surface area contributed by atoms with Gasteiger partial charge >= 0.3 is 0 Å². The number of hydrogen-bond donors (Lipinski definition) is 0. The summed E-state index contributed by atoms with van der Waals surface area (Å²) in [6, 6.07) is 20.2. The van der Waals surface area contributed by atoms with E-state index in [2.05, 4.69) is 11.0 Å². The fourth-order valence-corrected chi connectivity index (χ4v) is 3.85. The summed E-state index contributed by atoms with van der Waals surface area (Å²) in [5.74, 6) is 0.878. The average Bonchev–Trinajstić information content (AvgIpc) is 3.00. The van der Waals surface area contributed by atoms with Crippen LogP contribution in [0.2, 0.25) is 0 Å². The fraction of sp³-hybridized carbons (Fsp3) is 0.292. The summed E-state index contributed by atoms with van der Waals surface area (Å²) in [4.78, 5) is 21.6. The minimum atomic E-state index is 0.153. The average molecular weight is 384 g/mol. The smallest absolute Gasteiger partial charge is 0.227 e. The first-order valence-corrected chi connectivity index (χ1v) is 10.0. The molecule has 29 heavy (non-hydrogen) atoms. The van der Waals surface area contributed by atoms with Gasteiger partial charge in [0.15, 0.2) is 0 Å². The first kappa shape index (κ1) is 18.9. The number of nitrogens with zero attached hydrogens (tertiary/aromatic N) is 4. The van der Waals surface area contributed by atoms with Crippen LogP contribution in [0.15, 0.2) is 54.6 Å². The SMILES string of the molecule is Cc1ccc2cc(C#N)c(N3CCCN(C(=O)Cc4ccccc4)CC3)nc2c1. The van der Waals surface area contributed by atoms with E-state index < -0.39 is 0 Å². The predicted octanol–water partition coefficient (Wildman–Crippen LogP) is 3.70. The van der Waals surface area contributed by atoms with Crippen molar-refractivity contribution in [3.63, 3.8) is 0 Å². The van der Waals surface area contributed by atoms with E-state index in [0.717, 1.165) is 47.4 Å². The van der Waals surface area contributed by atoms with E-state index in [-0.39, 0.29) is 5.91 Å². The van der Waals surface area contributed by atoms with E-state index in [0.29, 0.717) is 25.1 Å². The molecule has 3 aromatic rings. The highest BCUT2D eigenvalue weighted by molar-refractivity contribution is 5.84. The lowest BCUT2D eigenvalue weighted by atomic mass is 10.1. The quantitative estimate of drug-likeness (QED) is 0.691. The van der Waals surface area contributed by atoms with Crippen molar-refractivity contribution < 1.29 is 4.79 Å². The van der Waals surface area contributed by atoms with Gasteiger partial charge in [-0.15, -0.1) is 0 Å². The largest absolute Gasteiger partial charge is 0.354 e. The molecule has 0 aliphatic carbocycles. The lowest BCUT2D eigenvalue weighted by Gasteiger charge is -2.24. The Morgan fingerprint density at radius 1 is 1.07 bits per heavy atom. The Labute approximate surface area is 171 Å². The Morgan fingerprint density at radius 3 is 2.69 bits per heavy atom. The van der Waals surface area contributed by atoms with Gasteiger partial charge in [-0.25, -0.2) is 4.98 Å². The van der Waals surface area contributed by atoms with Crippen LogP contribution in [0.5, 0.6) is 0 Å². The third kappa shape index (κ3) is 4.22. The highest BCUT2D eigenvalue weighted by Crippen LogP contribution is 2.25. The van der Waals surface area contributed by atoms with Gasteiger partial charge in [-0.2, -0.15) is 5.26 Å². The van der Waals surface area contributed by atoms with E-state index in [1.54, 1.807) is 0 Å². The Balaban J connectivity index is 1.52. The zero-order valence-electron chi connectivity index (χ0n) is 16.6. The number of hydrogen-bond acceptors (Lipinski definition) is 4. The third-order valence-corrected chi connectivity index (χ3v) is 5.42. The number of pyridine rings is 1. The van der Waals surface area contributed by atoms with Crippen molar-refractivity contribution in [1.29, 1.82) is 5.26 Å². The van der Waals surface area contributed by atoms with Crippen molar-refractivity contribution in [3.8, 4) is 6.07 Å². The van der Waals surface area contributed by atoms with Crippen LogP contribution in [0.4, 0.5) is 5.82 Å². The maximum absolute atomic E-state index is 12.7. The number of carbonyl (C=O) groups excluding carboxylic acids is 1. The van der Waals surface area contributed by atoms with E-state index in [4.69, 9.17) is 4.98 Å². The summed E-state index contributed by atoms with van der Waals surface area (Å²) >= 11 is 0. The summed E-state index contributed by atoms with van der Waals surface area (Å²) in [5, 5.41) is 10.6.